The molecule has 2 aromatic rings. The highest BCUT2D eigenvalue weighted by Crippen LogP contribution is 2.18. The number of H-pyrrole nitrogens is 1. The Labute approximate surface area is 88.7 Å². The Balaban J connectivity index is 2.24. The summed E-state index contributed by atoms with van der Waals surface area (Å²) in [7, 11) is 1.94. The molecule has 1 aromatic heterocycles. The topological polar surface area (TPSA) is 36.1 Å². The highest BCUT2D eigenvalue weighted by atomic mass is 16.1. The second kappa shape index (κ2) is 4.28. The zero-order valence-electron chi connectivity index (χ0n) is 8.73. The minimum atomic E-state index is 0.472. The van der Waals surface area contributed by atoms with E-state index in [1.54, 1.807) is 0 Å². The molecular formula is C12H14N2O. The van der Waals surface area contributed by atoms with Gasteiger partial charge in [-0.15, -0.1) is 0 Å². The molecule has 0 atom stereocenters. The maximum Gasteiger partial charge on any atom is 0.133 e. The monoisotopic (exact) mass is 202 g/mol. The first kappa shape index (κ1) is 9.93. The third kappa shape index (κ3) is 2.07. The normalized spacial score (nSPS) is 11.1. The lowest BCUT2D eigenvalue weighted by Gasteiger charge is -2.11. The van der Waals surface area contributed by atoms with Crippen molar-refractivity contribution >= 4 is 17.2 Å². The Morgan fingerprint density at radius 1 is 1.40 bits per heavy atom. The maximum atomic E-state index is 10.4. The molecule has 3 nitrogen and oxygen atoms in total. The van der Waals surface area contributed by atoms with Gasteiger partial charge in [0.2, 0.25) is 0 Å². The van der Waals surface area contributed by atoms with Gasteiger partial charge in [0.1, 0.15) is 6.29 Å². The highest BCUT2D eigenvalue weighted by molar-refractivity contribution is 5.82. The summed E-state index contributed by atoms with van der Waals surface area (Å²) in [6, 6.07) is 8.19. The van der Waals surface area contributed by atoms with Gasteiger partial charge in [0.05, 0.1) is 6.54 Å². The largest absolute Gasteiger partial charge is 0.361 e. The van der Waals surface area contributed by atoms with Crippen molar-refractivity contribution < 1.29 is 4.79 Å². The molecule has 0 amide bonds. The molecule has 0 saturated carbocycles. The molecule has 0 aliphatic carbocycles. The lowest BCUT2D eigenvalue weighted by Crippen LogP contribution is -2.19. The number of likely N-dealkylation sites (N-methyl/N-ethyl adjacent to an activating group) is 1. The minimum Gasteiger partial charge on any atom is -0.361 e. The number of para-hydroxylation sites is 1. The van der Waals surface area contributed by atoms with Crippen LogP contribution in [0.5, 0.6) is 0 Å². The van der Waals surface area contributed by atoms with Crippen molar-refractivity contribution in [2.24, 2.45) is 0 Å². The van der Waals surface area contributed by atoms with Crippen molar-refractivity contribution in [2.75, 3.05) is 13.6 Å². The van der Waals surface area contributed by atoms with Crippen LogP contribution in [0.25, 0.3) is 10.9 Å². The number of carbonyl (C=O) groups excluding carboxylic acids is 1. The van der Waals surface area contributed by atoms with Gasteiger partial charge in [-0.1, -0.05) is 18.2 Å². The van der Waals surface area contributed by atoms with Crippen LogP contribution in [0.1, 0.15) is 5.56 Å². The molecule has 0 unspecified atom stereocenters. The zero-order chi connectivity index (χ0) is 10.7. The highest BCUT2D eigenvalue weighted by Gasteiger charge is 2.05. The number of rotatable bonds is 4. The summed E-state index contributed by atoms with van der Waals surface area (Å²) in [5.74, 6) is 0. The van der Waals surface area contributed by atoms with E-state index in [9.17, 15) is 4.79 Å². The van der Waals surface area contributed by atoms with Crippen molar-refractivity contribution in [1.29, 1.82) is 0 Å². The first-order chi connectivity index (χ1) is 7.31. The lowest BCUT2D eigenvalue weighted by atomic mass is 10.2. The van der Waals surface area contributed by atoms with E-state index < -0.39 is 0 Å². The summed E-state index contributed by atoms with van der Waals surface area (Å²) in [6.45, 7) is 1.27. The van der Waals surface area contributed by atoms with Crippen molar-refractivity contribution in [3.05, 3.63) is 36.0 Å². The first-order valence-corrected chi connectivity index (χ1v) is 4.98. The summed E-state index contributed by atoms with van der Waals surface area (Å²) in [4.78, 5) is 15.6. The van der Waals surface area contributed by atoms with E-state index in [2.05, 4.69) is 17.1 Å². The molecule has 1 N–H and O–H groups in total. The number of carbonyl (C=O) groups is 1. The second-order valence-electron chi connectivity index (χ2n) is 3.72. The Morgan fingerprint density at radius 2 is 2.20 bits per heavy atom. The Morgan fingerprint density at radius 3 is 3.00 bits per heavy atom. The van der Waals surface area contributed by atoms with Crippen LogP contribution in [-0.4, -0.2) is 29.8 Å². The smallest absolute Gasteiger partial charge is 0.133 e. The third-order valence-electron chi connectivity index (χ3n) is 2.50. The average molecular weight is 202 g/mol. The molecule has 2 rings (SSSR count). The molecule has 0 aliphatic rings. The molecule has 1 aromatic carbocycles. The number of aromatic amines is 1. The number of hydrogen-bond acceptors (Lipinski definition) is 2. The third-order valence-corrected chi connectivity index (χ3v) is 2.50. The number of aldehydes is 1. The molecule has 1 heterocycles. The predicted molar refractivity (Wildman–Crippen MR) is 60.7 cm³/mol. The molecule has 0 fully saturated rings. The van der Waals surface area contributed by atoms with Crippen molar-refractivity contribution in [1.82, 2.24) is 9.88 Å². The number of nitrogens with zero attached hydrogens (tertiary/aromatic N) is 1. The van der Waals surface area contributed by atoms with E-state index in [-0.39, 0.29) is 0 Å². The van der Waals surface area contributed by atoms with Gasteiger partial charge in [-0.3, -0.25) is 4.90 Å². The fourth-order valence-electron chi connectivity index (χ4n) is 1.75. The molecule has 0 bridgehead atoms. The standard InChI is InChI=1S/C12H14N2O/c1-14(6-7-15)9-10-8-13-12-5-3-2-4-11(10)12/h2-5,7-8,13H,6,9H2,1H3. The maximum absolute atomic E-state index is 10.4. The molecule has 0 radical (unpaired) electrons. The summed E-state index contributed by atoms with van der Waals surface area (Å²) >= 11 is 0. The van der Waals surface area contributed by atoms with Crippen LogP contribution >= 0.6 is 0 Å². The predicted octanol–water partition coefficient (Wildman–Crippen LogP) is 1.80. The number of benzene rings is 1. The second-order valence-corrected chi connectivity index (χ2v) is 3.72. The number of hydrogen-bond donors (Lipinski definition) is 1. The van der Waals surface area contributed by atoms with E-state index in [1.807, 2.05) is 30.3 Å². The number of fused-ring (bicyclic) bond motifs is 1. The van der Waals surface area contributed by atoms with E-state index in [0.29, 0.717) is 6.54 Å². The van der Waals surface area contributed by atoms with Crippen LogP contribution in [0.4, 0.5) is 0 Å². The summed E-state index contributed by atoms with van der Waals surface area (Å²) in [5, 5.41) is 1.23. The fourth-order valence-corrected chi connectivity index (χ4v) is 1.75. The van der Waals surface area contributed by atoms with E-state index in [0.717, 1.165) is 18.3 Å². The van der Waals surface area contributed by atoms with Crippen LogP contribution in [0, 0.1) is 0 Å². The van der Waals surface area contributed by atoms with Crippen LogP contribution in [-0.2, 0) is 11.3 Å². The van der Waals surface area contributed by atoms with Gasteiger partial charge in [-0.2, -0.15) is 0 Å². The molecule has 15 heavy (non-hydrogen) atoms. The minimum absolute atomic E-state index is 0.472. The van der Waals surface area contributed by atoms with Crippen molar-refractivity contribution in [3.63, 3.8) is 0 Å². The SMILES string of the molecule is CN(CC=O)Cc1c[nH]c2ccccc12. The van der Waals surface area contributed by atoms with E-state index in [4.69, 9.17) is 0 Å². The van der Waals surface area contributed by atoms with Crippen LogP contribution in [0.3, 0.4) is 0 Å². The van der Waals surface area contributed by atoms with E-state index in [1.165, 1.54) is 10.9 Å². The molecular weight excluding hydrogens is 188 g/mol. The van der Waals surface area contributed by atoms with Crippen molar-refractivity contribution in [2.45, 2.75) is 6.54 Å². The Hall–Kier alpha value is -1.61. The quantitative estimate of drug-likeness (QED) is 0.767. The van der Waals surface area contributed by atoms with Gasteiger partial charge >= 0.3 is 0 Å². The van der Waals surface area contributed by atoms with Crippen LogP contribution in [0.2, 0.25) is 0 Å². The van der Waals surface area contributed by atoms with Gasteiger partial charge in [-0.05, 0) is 18.7 Å². The zero-order valence-corrected chi connectivity index (χ0v) is 8.73. The van der Waals surface area contributed by atoms with Gasteiger partial charge < -0.3 is 9.78 Å². The summed E-state index contributed by atoms with van der Waals surface area (Å²) in [6.07, 6.45) is 2.93. The van der Waals surface area contributed by atoms with Gasteiger partial charge in [0.25, 0.3) is 0 Å². The van der Waals surface area contributed by atoms with Crippen molar-refractivity contribution in [3.8, 4) is 0 Å². The molecule has 78 valence electrons. The molecule has 3 heteroatoms. The number of aromatic nitrogens is 1. The summed E-state index contributed by atoms with van der Waals surface area (Å²) in [5.41, 5.74) is 2.38. The number of nitrogens with one attached hydrogen (secondary N) is 1. The van der Waals surface area contributed by atoms with Crippen LogP contribution in [0.15, 0.2) is 30.5 Å². The van der Waals surface area contributed by atoms with Gasteiger partial charge in [0.15, 0.2) is 0 Å². The average Bonchev–Trinajstić information content (AvgIpc) is 2.62. The Bertz CT molecular complexity index is 461. The van der Waals surface area contributed by atoms with Gasteiger partial charge in [-0.25, -0.2) is 0 Å². The van der Waals surface area contributed by atoms with Crippen LogP contribution < -0.4 is 0 Å². The fraction of sp³-hybridized carbons (Fsp3) is 0.250. The molecule has 0 spiro atoms. The van der Waals surface area contributed by atoms with Gasteiger partial charge in [0, 0.05) is 23.6 Å². The lowest BCUT2D eigenvalue weighted by molar-refractivity contribution is -0.108. The molecule has 0 saturated heterocycles. The Kier molecular flexibility index (Phi) is 2.83. The van der Waals surface area contributed by atoms with E-state index >= 15 is 0 Å². The summed E-state index contributed by atoms with van der Waals surface area (Å²) < 4.78 is 0. The first-order valence-electron chi connectivity index (χ1n) is 4.98. The molecule has 0 aliphatic heterocycles.